The lowest BCUT2D eigenvalue weighted by atomic mass is 9.78. The Kier molecular flexibility index (Phi) is 8.74. The summed E-state index contributed by atoms with van der Waals surface area (Å²) in [4.78, 5) is 18.3. The van der Waals surface area contributed by atoms with Crippen molar-refractivity contribution in [3.8, 4) is 5.75 Å². The number of likely N-dealkylation sites (tertiary alicyclic amines) is 1. The number of piperazine rings is 1. The van der Waals surface area contributed by atoms with Gasteiger partial charge in [-0.1, -0.05) is 30.4 Å². The predicted molar refractivity (Wildman–Crippen MR) is 159 cm³/mol. The molecule has 3 unspecified atom stereocenters. The Morgan fingerprint density at radius 2 is 1.87 bits per heavy atom. The second-order valence-corrected chi connectivity index (χ2v) is 12.5. The van der Waals surface area contributed by atoms with Crippen molar-refractivity contribution in [2.45, 2.75) is 56.4 Å². The lowest BCUT2D eigenvalue weighted by molar-refractivity contribution is 0.102. The van der Waals surface area contributed by atoms with Crippen LogP contribution in [-0.2, 0) is 0 Å². The van der Waals surface area contributed by atoms with E-state index in [1.54, 1.807) is 10.6 Å². The van der Waals surface area contributed by atoms with Crippen molar-refractivity contribution in [2.75, 3.05) is 52.4 Å². The molecule has 0 aromatic carbocycles. The van der Waals surface area contributed by atoms with Crippen molar-refractivity contribution in [2.24, 2.45) is 11.8 Å². The number of rotatable bonds is 7. The Labute approximate surface area is 238 Å². The molecule has 0 radical (unpaired) electrons. The van der Waals surface area contributed by atoms with Crippen LogP contribution in [0.1, 0.15) is 44.9 Å². The number of hydrogen-bond acceptors (Lipinski definition) is 5. The van der Waals surface area contributed by atoms with E-state index in [-0.39, 0.29) is 10.9 Å². The third-order valence-corrected chi connectivity index (χ3v) is 9.67. The maximum atomic E-state index is 13.0. The number of allylic oxidation sites excluding steroid dienone is 5. The van der Waals surface area contributed by atoms with Crippen molar-refractivity contribution in [3.05, 3.63) is 70.2 Å². The number of nitrogens with one attached hydrogen (secondary N) is 1. The number of aromatic nitrogens is 1. The summed E-state index contributed by atoms with van der Waals surface area (Å²) in [5.41, 5.74) is 3.82. The van der Waals surface area contributed by atoms with E-state index in [0.717, 1.165) is 63.5 Å². The number of ether oxygens (including phenoxy) is 1. The second kappa shape index (κ2) is 12.6. The molecule has 3 heterocycles. The molecule has 6 nitrogen and oxygen atoms in total. The Balaban J connectivity index is 1.01. The summed E-state index contributed by atoms with van der Waals surface area (Å²) in [6.07, 6.45) is 21.0. The molecule has 210 valence electrons. The predicted octanol–water partition coefficient (Wildman–Crippen LogP) is 4.68. The standard InChI is InChI=1S/C32H43ClN4O2/c33-28-6-2-24(3-7-28)23-39-31-11-16-37(32(38)21-31)30-8-5-26-19-25(1-4-27(26)20-30)22-35-14-9-29(10-15-35)36-17-12-34-13-18-36/h1-2,4,11,16,19-21,26-29,34H,3,5-10,12-15,17-18,22-23H2. The summed E-state index contributed by atoms with van der Waals surface area (Å²) in [5, 5.41) is 3.72. The van der Waals surface area contributed by atoms with Crippen LogP contribution in [0.25, 0.3) is 5.70 Å². The molecule has 2 saturated heterocycles. The van der Waals surface area contributed by atoms with Crippen LogP contribution in [0.15, 0.2) is 64.7 Å². The van der Waals surface area contributed by atoms with Gasteiger partial charge in [-0.15, -0.1) is 11.6 Å². The third-order valence-electron chi connectivity index (χ3n) is 9.27. The van der Waals surface area contributed by atoms with Gasteiger partial charge in [-0.05, 0) is 81.2 Å². The summed E-state index contributed by atoms with van der Waals surface area (Å²) >= 11 is 6.18. The molecule has 5 aliphatic rings. The Morgan fingerprint density at radius 3 is 2.64 bits per heavy atom. The van der Waals surface area contributed by atoms with E-state index in [1.165, 1.54) is 50.2 Å². The van der Waals surface area contributed by atoms with Crippen molar-refractivity contribution >= 4 is 17.3 Å². The zero-order valence-electron chi connectivity index (χ0n) is 23.1. The summed E-state index contributed by atoms with van der Waals surface area (Å²) in [6, 6.07) is 4.31. The molecule has 2 aliphatic heterocycles. The first-order chi connectivity index (χ1) is 19.1. The average molecular weight is 551 g/mol. The number of halogens is 1. The maximum absolute atomic E-state index is 13.0. The third kappa shape index (κ3) is 6.79. The molecule has 0 saturated carbocycles. The summed E-state index contributed by atoms with van der Waals surface area (Å²) in [5.74, 6) is 1.53. The molecule has 0 spiro atoms. The van der Waals surface area contributed by atoms with Crippen LogP contribution in [0.3, 0.4) is 0 Å². The van der Waals surface area contributed by atoms with E-state index in [4.69, 9.17) is 16.3 Å². The number of nitrogens with zero attached hydrogens (tertiary/aromatic N) is 3. The lowest BCUT2D eigenvalue weighted by Gasteiger charge is -2.40. The largest absolute Gasteiger partial charge is 0.489 e. The number of hydrogen-bond donors (Lipinski definition) is 1. The highest BCUT2D eigenvalue weighted by Gasteiger charge is 2.28. The van der Waals surface area contributed by atoms with Crippen LogP contribution in [0.5, 0.6) is 5.75 Å². The number of pyridine rings is 1. The van der Waals surface area contributed by atoms with Gasteiger partial charge in [-0.2, -0.15) is 0 Å². The number of fused-ring (bicyclic) bond motifs is 1. The topological polar surface area (TPSA) is 49.7 Å². The molecule has 1 aromatic heterocycles. The minimum absolute atomic E-state index is 0.0177. The fourth-order valence-corrected chi connectivity index (χ4v) is 7.10. The van der Waals surface area contributed by atoms with E-state index >= 15 is 0 Å². The number of piperidine rings is 1. The summed E-state index contributed by atoms with van der Waals surface area (Å²) in [6.45, 7) is 8.68. The fraction of sp³-hybridized carbons (Fsp3) is 0.594. The fourth-order valence-electron chi connectivity index (χ4n) is 6.90. The van der Waals surface area contributed by atoms with Crippen molar-refractivity contribution < 1.29 is 4.74 Å². The summed E-state index contributed by atoms with van der Waals surface area (Å²) < 4.78 is 7.73. The first kappa shape index (κ1) is 27.1. The van der Waals surface area contributed by atoms with Gasteiger partial charge < -0.3 is 10.1 Å². The van der Waals surface area contributed by atoms with E-state index < -0.39 is 0 Å². The van der Waals surface area contributed by atoms with E-state index in [2.05, 4.69) is 45.5 Å². The molecular formula is C32H43ClN4O2. The highest BCUT2D eigenvalue weighted by molar-refractivity contribution is 6.20. The van der Waals surface area contributed by atoms with Gasteiger partial charge in [0.15, 0.2) is 0 Å². The zero-order valence-corrected chi connectivity index (χ0v) is 23.8. The van der Waals surface area contributed by atoms with Crippen LogP contribution in [-0.4, -0.2) is 78.2 Å². The lowest BCUT2D eigenvalue weighted by Crippen LogP contribution is -2.52. The normalized spacial score (nSPS) is 28.8. The molecule has 3 atom stereocenters. The Hall–Kier alpha value is -2.12. The average Bonchev–Trinajstić information content (AvgIpc) is 2.97. The SMILES string of the molecule is O=c1cc(OCC2=CCC(Cl)CC2)ccn1C1=CC2C=CC(CN3CCC(N4CCNCC4)CC3)=CC2CC1. The van der Waals surface area contributed by atoms with Crippen molar-refractivity contribution in [3.63, 3.8) is 0 Å². The van der Waals surface area contributed by atoms with E-state index in [1.807, 2.05) is 12.3 Å². The minimum atomic E-state index is -0.0177. The van der Waals surface area contributed by atoms with Gasteiger partial charge in [0.2, 0.25) is 0 Å². The van der Waals surface area contributed by atoms with Crippen LogP contribution < -0.4 is 15.6 Å². The molecule has 7 heteroatoms. The van der Waals surface area contributed by atoms with Crippen LogP contribution in [0.4, 0.5) is 0 Å². The molecule has 6 rings (SSSR count). The molecule has 1 N–H and O–H groups in total. The van der Waals surface area contributed by atoms with Gasteiger partial charge in [0.1, 0.15) is 12.4 Å². The van der Waals surface area contributed by atoms with Crippen molar-refractivity contribution in [1.82, 2.24) is 19.7 Å². The highest BCUT2D eigenvalue weighted by atomic mass is 35.5. The molecule has 0 bridgehead atoms. The van der Waals surface area contributed by atoms with Gasteiger partial charge >= 0.3 is 0 Å². The molecule has 1 aromatic rings. The number of alkyl halides is 1. The van der Waals surface area contributed by atoms with Crippen molar-refractivity contribution in [1.29, 1.82) is 0 Å². The monoisotopic (exact) mass is 550 g/mol. The second-order valence-electron chi connectivity index (χ2n) is 11.9. The van der Waals surface area contributed by atoms with Gasteiger partial charge in [-0.3, -0.25) is 19.2 Å². The molecule has 0 amide bonds. The maximum Gasteiger partial charge on any atom is 0.258 e. The quantitative estimate of drug-likeness (QED) is 0.395. The van der Waals surface area contributed by atoms with Gasteiger partial charge in [-0.25, -0.2) is 0 Å². The minimum Gasteiger partial charge on any atom is -0.489 e. The first-order valence-corrected chi connectivity index (χ1v) is 15.5. The van der Waals surface area contributed by atoms with Gasteiger partial charge in [0, 0.05) is 68.0 Å². The Bertz CT molecular complexity index is 1190. The van der Waals surface area contributed by atoms with Gasteiger partial charge in [0.25, 0.3) is 5.56 Å². The van der Waals surface area contributed by atoms with Gasteiger partial charge in [0.05, 0.1) is 0 Å². The smallest absolute Gasteiger partial charge is 0.258 e. The van der Waals surface area contributed by atoms with Crippen LogP contribution in [0, 0.1) is 11.8 Å². The van der Waals surface area contributed by atoms with Crippen LogP contribution in [0.2, 0.25) is 0 Å². The highest BCUT2D eigenvalue weighted by Crippen LogP contribution is 2.36. The molecule has 3 aliphatic carbocycles. The Morgan fingerprint density at radius 1 is 1.03 bits per heavy atom. The molecular weight excluding hydrogens is 508 g/mol. The van der Waals surface area contributed by atoms with Crippen LogP contribution >= 0.6 is 11.6 Å². The molecule has 2 fully saturated rings. The zero-order chi connectivity index (χ0) is 26.6. The summed E-state index contributed by atoms with van der Waals surface area (Å²) in [7, 11) is 0. The van der Waals surface area contributed by atoms with E-state index in [9.17, 15) is 4.79 Å². The van der Waals surface area contributed by atoms with E-state index in [0.29, 0.717) is 24.2 Å². The first-order valence-electron chi connectivity index (χ1n) is 15.1. The molecule has 39 heavy (non-hydrogen) atoms.